The van der Waals surface area contributed by atoms with E-state index in [0.29, 0.717) is 17.8 Å². The minimum atomic E-state index is -0.489. The van der Waals surface area contributed by atoms with Crippen LogP contribution < -0.4 is 5.32 Å². The van der Waals surface area contributed by atoms with Gasteiger partial charge in [0.25, 0.3) is 0 Å². The number of carbonyl (C=O) groups excluding carboxylic acids is 1. The number of rotatable bonds is 4. The largest absolute Gasteiger partial charge is 0.465 e. The normalized spacial score (nSPS) is 10.2. The number of nitrogens with one attached hydrogen (secondary N) is 1. The molecule has 0 aromatic heterocycles. The number of halogens is 1. The fourth-order valence-electron chi connectivity index (χ4n) is 1.95. The summed E-state index contributed by atoms with van der Waals surface area (Å²) in [5.74, 6) is -0.887. The number of benzene rings is 2. The van der Waals surface area contributed by atoms with Crippen molar-refractivity contribution in [3.63, 3.8) is 0 Å². The van der Waals surface area contributed by atoms with E-state index in [1.807, 2.05) is 31.2 Å². The lowest BCUT2D eigenvalue weighted by Gasteiger charge is -2.12. The first kappa shape index (κ1) is 14.1. The van der Waals surface area contributed by atoms with Gasteiger partial charge in [0.15, 0.2) is 0 Å². The molecule has 2 aromatic carbocycles. The van der Waals surface area contributed by atoms with Crippen LogP contribution in [0.2, 0.25) is 0 Å². The highest BCUT2D eigenvalue weighted by atomic mass is 19.1. The number of carbonyl (C=O) groups is 1. The van der Waals surface area contributed by atoms with E-state index in [-0.39, 0.29) is 0 Å². The molecule has 0 amide bonds. The van der Waals surface area contributed by atoms with Crippen LogP contribution in [0.4, 0.5) is 10.1 Å². The average molecular weight is 273 g/mol. The highest BCUT2D eigenvalue weighted by Crippen LogP contribution is 2.20. The fraction of sp³-hybridized carbons (Fsp3) is 0.188. The zero-order valence-corrected chi connectivity index (χ0v) is 11.4. The molecule has 0 aliphatic rings. The molecule has 0 fully saturated rings. The van der Waals surface area contributed by atoms with Crippen LogP contribution in [0.5, 0.6) is 0 Å². The Bertz CT molecular complexity index is 626. The predicted octanol–water partition coefficient (Wildman–Crippen LogP) is 3.53. The third kappa shape index (κ3) is 3.15. The lowest BCUT2D eigenvalue weighted by Crippen LogP contribution is -2.09. The Balaban J connectivity index is 2.22. The van der Waals surface area contributed by atoms with Crippen molar-refractivity contribution in [1.29, 1.82) is 0 Å². The number of methoxy groups -OCH3 is 1. The number of anilines is 1. The van der Waals surface area contributed by atoms with Gasteiger partial charge in [-0.25, -0.2) is 9.18 Å². The summed E-state index contributed by atoms with van der Waals surface area (Å²) in [6.45, 7) is 2.52. The van der Waals surface area contributed by atoms with E-state index in [4.69, 9.17) is 4.74 Å². The van der Waals surface area contributed by atoms with Gasteiger partial charge in [-0.15, -0.1) is 0 Å². The van der Waals surface area contributed by atoms with Crippen LogP contribution in [-0.4, -0.2) is 13.1 Å². The minimum Gasteiger partial charge on any atom is -0.465 e. The molecule has 0 heterocycles. The van der Waals surface area contributed by atoms with Gasteiger partial charge in [0.05, 0.1) is 18.4 Å². The highest BCUT2D eigenvalue weighted by molar-refractivity contribution is 5.95. The fourth-order valence-corrected chi connectivity index (χ4v) is 1.95. The van der Waals surface area contributed by atoms with Crippen molar-refractivity contribution >= 4 is 11.7 Å². The van der Waals surface area contributed by atoms with Gasteiger partial charge in [0.1, 0.15) is 5.82 Å². The lowest BCUT2D eigenvalue weighted by molar-refractivity contribution is 0.0602. The van der Waals surface area contributed by atoms with Gasteiger partial charge in [0, 0.05) is 6.54 Å². The van der Waals surface area contributed by atoms with Crippen molar-refractivity contribution in [1.82, 2.24) is 0 Å². The third-order valence-corrected chi connectivity index (χ3v) is 3.12. The molecule has 20 heavy (non-hydrogen) atoms. The Morgan fingerprint density at radius 1 is 1.25 bits per heavy atom. The van der Waals surface area contributed by atoms with Crippen LogP contribution in [0.1, 0.15) is 21.5 Å². The molecule has 0 radical (unpaired) electrons. The van der Waals surface area contributed by atoms with Crippen LogP contribution in [0.25, 0.3) is 0 Å². The monoisotopic (exact) mass is 273 g/mol. The molecule has 3 nitrogen and oxygen atoms in total. The number of aryl methyl sites for hydroxylation is 1. The van der Waals surface area contributed by atoms with Gasteiger partial charge >= 0.3 is 5.97 Å². The maximum atomic E-state index is 13.3. The van der Waals surface area contributed by atoms with Crippen LogP contribution in [0.15, 0.2) is 42.5 Å². The van der Waals surface area contributed by atoms with Crippen molar-refractivity contribution in [2.75, 3.05) is 12.4 Å². The topological polar surface area (TPSA) is 38.3 Å². The summed E-state index contributed by atoms with van der Waals surface area (Å²) in [5, 5.41) is 3.09. The molecule has 0 unspecified atom stereocenters. The van der Waals surface area contributed by atoms with E-state index in [9.17, 15) is 9.18 Å². The van der Waals surface area contributed by atoms with Gasteiger partial charge in [-0.2, -0.15) is 0 Å². The maximum absolute atomic E-state index is 13.3. The SMILES string of the molecule is COC(=O)c1ccc(F)cc1NCc1ccccc1C. The number of hydrogen-bond donors (Lipinski definition) is 1. The lowest BCUT2D eigenvalue weighted by atomic mass is 10.1. The molecule has 0 aliphatic heterocycles. The van der Waals surface area contributed by atoms with E-state index in [0.717, 1.165) is 11.1 Å². The highest BCUT2D eigenvalue weighted by Gasteiger charge is 2.12. The first-order chi connectivity index (χ1) is 9.61. The smallest absolute Gasteiger partial charge is 0.339 e. The first-order valence-electron chi connectivity index (χ1n) is 6.28. The van der Waals surface area contributed by atoms with Crippen molar-refractivity contribution in [3.8, 4) is 0 Å². The van der Waals surface area contributed by atoms with Crippen molar-refractivity contribution in [2.45, 2.75) is 13.5 Å². The molecule has 0 bridgehead atoms. The molecule has 0 atom stereocenters. The summed E-state index contributed by atoms with van der Waals surface area (Å²) in [7, 11) is 1.30. The molecule has 4 heteroatoms. The summed E-state index contributed by atoms with van der Waals surface area (Å²) in [6, 6.07) is 11.8. The molecule has 0 aliphatic carbocycles. The molecule has 2 aromatic rings. The number of hydrogen-bond acceptors (Lipinski definition) is 3. The van der Waals surface area contributed by atoms with Gasteiger partial charge in [-0.3, -0.25) is 0 Å². The molecule has 2 rings (SSSR count). The van der Waals surface area contributed by atoms with Gasteiger partial charge in [-0.1, -0.05) is 24.3 Å². The Hall–Kier alpha value is -2.36. The maximum Gasteiger partial charge on any atom is 0.339 e. The van der Waals surface area contributed by atoms with E-state index >= 15 is 0 Å². The molecular weight excluding hydrogens is 257 g/mol. The van der Waals surface area contributed by atoms with Gasteiger partial charge in [-0.05, 0) is 36.2 Å². The molecule has 0 saturated carbocycles. The van der Waals surface area contributed by atoms with Crippen molar-refractivity contribution in [2.24, 2.45) is 0 Å². The molecule has 104 valence electrons. The van der Waals surface area contributed by atoms with E-state index in [1.54, 1.807) is 0 Å². The second-order valence-corrected chi connectivity index (χ2v) is 4.46. The molecule has 0 saturated heterocycles. The molecule has 0 spiro atoms. The minimum absolute atomic E-state index is 0.322. The summed E-state index contributed by atoms with van der Waals surface area (Å²) in [6.07, 6.45) is 0. The van der Waals surface area contributed by atoms with E-state index in [2.05, 4.69) is 5.32 Å². The van der Waals surface area contributed by atoms with E-state index in [1.165, 1.54) is 25.3 Å². The molecule has 1 N–H and O–H groups in total. The Labute approximate surface area is 117 Å². The summed E-state index contributed by atoms with van der Waals surface area (Å²) < 4.78 is 18.0. The number of esters is 1. The zero-order chi connectivity index (χ0) is 14.5. The van der Waals surface area contributed by atoms with Crippen LogP contribution in [0.3, 0.4) is 0 Å². The van der Waals surface area contributed by atoms with Gasteiger partial charge < -0.3 is 10.1 Å². The van der Waals surface area contributed by atoms with Gasteiger partial charge in [0.2, 0.25) is 0 Å². The average Bonchev–Trinajstić information content (AvgIpc) is 2.46. The summed E-state index contributed by atoms with van der Waals surface area (Å²) >= 11 is 0. The Kier molecular flexibility index (Phi) is 4.35. The Morgan fingerprint density at radius 2 is 2.00 bits per heavy atom. The van der Waals surface area contributed by atoms with Crippen molar-refractivity contribution < 1.29 is 13.9 Å². The first-order valence-corrected chi connectivity index (χ1v) is 6.28. The Morgan fingerprint density at radius 3 is 2.70 bits per heavy atom. The second-order valence-electron chi connectivity index (χ2n) is 4.46. The van der Waals surface area contributed by atoms with Crippen LogP contribution in [0, 0.1) is 12.7 Å². The van der Waals surface area contributed by atoms with E-state index < -0.39 is 11.8 Å². The second kappa shape index (κ2) is 6.19. The standard InChI is InChI=1S/C16H16FNO2/c1-11-5-3-4-6-12(11)10-18-15-9-13(17)7-8-14(15)16(19)20-2/h3-9,18H,10H2,1-2H3. The number of ether oxygens (including phenoxy) is 1. The summed E-state index contributed by atoms with van der Waals surface area (Å²) in [4.78, 5) is 11.6. The predicted molar refractivity (Wildman–Crippen MR) is 76.2 cm³/mol. The third-order valence-electron chi connectivity index (χ3n) is 3.12. The zero-order valence-electron chi connectivity index (χ0n) is 11.4. The molecular formula is C16H16FNO2. The van der Waals surface area contributed by atoms with Crippen LogP contribution in [-0.2, 0) is 11.3 Å². The van der Waals surface area contributed by atoms with Crippen LogP contribution >= 0.6 is 0 Å². The van der Waals surface area contributed by atoms with Crippen molar-refractivity contribution in [3.05, 3.63) is 65.0 Å². The summed E-state index contributed by atoms with van der Waals surface area (Å²) in [5.41, 5.74) is 2.98. The quantitative estimate of drug-likeness (QED) is 0.866.